The zero-order valence-electron chi connectivity index (χ0n) is 16.1. The average Bonchev–Trinajstić information content (AvgIpc) is 3.02. The number of hydrogen-bond donors (Lipinski definition) is 1. The van der Waals surface area contributed by atoms with Crippen molar-refractivity contribution in [3.8, 4) is 6.07 Å². The lowest BCUT2D eigenvalue weighted by atomic mass is 10.1. The van der Waals surface area contributed by atoms with Gasteiger partial charge in [-0.25, -0.2) is 15.0 Å². The molecule has 2 bridgehead atoms. The van der Waals surface area contributed by atoms with Gasteiger partial charge in [-0.3, -0.25) is 4.79 Å². The number of nitriles is 1. The molecule has 4 heterocycles. The van der Waals surface area contributed by atoms with Crippen LogP contribution in [0.3, 0.4) is 0 Å². The van der Waals surface area contributed by atoms with E-state index in [0.29, 0.717) is 40.9 Å². The summed E-state index contributed by atoms with van der Waals surface area (Å²) in [5.74, 6) is 0.880. The van der Waals surface area contributed by atoms with Crippen molar-refractivity contribution in [1.82, 2.24) is 14.9 Å². The molecule has 8 nitrogen and oxygen atoms in total. The Labute approximate surface area is 179 Å². The van der Waals surface area contributed by atoms with Crippen LogP contribution in [-0.2, 0) is 0 Å². The fourth-order valence-electron chi connectivity index (χ4n) is 4.11. The topological polar surface area (TPSA) is 112 Å². The Kier molecular flexibility index (Phi) is 5.63. The van der Waals surface area contributed by atoms with Crippen LogP contribution in [-0.4, -0.2) is 52.2 Å². The number of nitrogens with zero attached hydrogens (tertiary/aromatic N) is 6. The maximum absolute atomic E-state index is 13.2. The zero-order chi connectivity index (χ0) is 21.1. The van der Waals surface area contributed by atoms with Gasteiger partial charge in [0.25, 0.3) is 5.91 Å². The van der Waals surface area contributed by atoms with E-state index in [-0.39, 0.29) is 18.0 Å². The number of halogens is 1. The van der Waals surface area contributed by atoms with Crippen LogP contribution in [0.4, 0.5) is 11.6 Å². The minimum atomic E-state index is -0.103. The van der Waals surface area contributed by atoms with Crippen LogP contribution in [0.15, 0.2) is 47.9 Å². The predicted molar refractivity (Wildman–Crippen MR) is 115 cm³/mol. The van der Waals surface area contributed by atoms with Gasteiger partial charge < -0.3 is 15.5 Å². The predicted octanol–water partition coefficient (Wildman–Crippen LogP) is 2.67. The zero-order valence-corrected chi connectivity index (χ0v) is 16.9. The molecule has 30 heavy (non-hydrogen) atoms. The molecule has 2 unspecified atom stereocenters. The first kappa shape index (κ1) is 19.9. The Hall–Kier alpha value is -3.44. The molecule has 1 amide bonds. The van der Waals surface area contributed by atoms with Crippen LogP contribution < -0.4 is 10.6 Å². The summed E-state index contributed by atoms with van der Waals surface area (Å²) >= 11 is 6.43. The number of nitrogens with two attached hydrogens (primary N) is 1. The standard InChI is InChI=1S/C21H20ClN7O/c22-18-14(11-24)6-10-27-20(18)29-15-4-5-16(29)13-28(12-15)21(30)17-3-1-8-25-19(17)26-9-2-7-23/h1-3,6-10,15-16H,4-5,12-13,23H2. The van der Waals surface area contributed by atoms with Gasteiger partial charge in [-0.1, -0.05) is 11.6 Å². The van der Waals surface area contributed by atoms with Crippen molar-refractivity contribution in [2.75, 3.05) is 18.0 Å². The van der Waals surface area contributed by atoms with Gasteiger partial charge in [0.1, 0.15) is 16.9 Å². The van der Waals surface area contributed by atoms with Gasteiger partial charge in [0.05, 0.1) is 11.1 Å². The summed E-state index contributed by atoms with van der Waals surface area (Å²) in [5.41, 5.74) is 6.19. The molecular formula is C21H20ClN7O. The summed E-state index contributed by atoms with van der Waals surface area (Å²) in [4.78, 5) is 30.2. The Morgan fingerprint density at radius 1 is 1.27 bits per heavy atom. The van der Waals surface area contributed by atoms with Crippen LogP contribution in [0.25, 0.3) is 0 Å². The van der Waals surface area contributed by atoms with E-state index in [2.05, 4.69) is 25.9 Å². The van der Waals surface area contributed by atoms with Crippen molar-refractivity contribution < 1.29 is 4.79 Å². The summed E-state index contributed by atoms with van der Waals surface area (Å²) in [6.07, 6.45) is 9.53. The lowest BCUT2D eigenvalue weighted by molar-refractivity contribution is 0.0718. The second-order valence-corrected chi connectivity index (χ2v) is 7.53. The Morgan fingerprint density at radius 3 is 2.73 bits per heavy atom. The van der Waals surface area contributed by atoms with Crippen molar-refractivity contribution in [2.24, 2.45) is 10.7 Å². The van der Waals surface area contributed by atoms with Crippen LogP contribution in [0.5, 0.6) is 0 Å². The van der Waals surface area contributed by atoms with Crippen LogP contribution in [0.1, 0.15) is 28.8 Å². The largest absolute Gasteiger partial charge is 0.405 e. The first-order chi connectivity index (χ1) is 14.6. The summed E-state index contributed by atoms with van der Waals surface area (Å²) in [5, 5.41) is 9.64. The first-order valence-corrected chi connectivity index (χ1v) is 10.00. The fraction of sp³-hybridized carbons (Fsp3) is 0.286. The van der Waals surface area contributed by atoms with Gasteiger partial charge in [0, 0.05) is 43.8 Å². The Bertz CT molecular complexity index is 1050. The van der Waals surface area contributed by atoms with Gasteiger partial charge in [-0.05, 0) is 43.3 Å². The molecule has 0 saturated carbocycles. The number of allylic oxidation sites excluding steroid dienone is 1. The van der Waals surface area contributed by atoms with Crippen LogP contribution >= 0.6 is 11.6 Å². The maximum Gasteiger partial charge on any atom is 0.257 e. The molecule has 0 radical (unpaired) electrons. The number of hydrogen-bond acceptors (Lipinski definition) is 7. The van der Waals surface area contributed by atoms with Gasteiger partial charge in [0.2, 0.25) is 0 Å². The second kappa shape index (κ2) is 8.51. The van der Waals surface area contributed by atoms with Crippen LogP contribution in [0.2, 0.25) is 5.02 Å². The maximum atomic E-state index is 13.2. The average molecular weight is 422 g/mol. The molecule has 152 valence electrons. The molecule has 0 aliphatic carbocycles. The molecular weight excluding hydrogens is 402 g/mol. The van der Waals surface area contributed by atoms with E-state index in [1.165, 1.54) is 12.4 Å². The second-order valence-electron chi connectivity index (χ2n) is 7.15. The molecule has 2 N–H and O–H groups in total. The van der Waals surface area contributed by atoms with Crippen molar-refractivity contribution in [3.63, 3.8) is 0 Å². The Balaban J connectivity index is 1.58. The highest BCUT2D eigenvalue weighted by atomic mass is 35.5. The number of aromatic nitrogens is 2. The van der Waals surface area contributed by atoms with E-state index >= 15 is 0 Å². The third-order valence-corrected chi connectivity index (χ3v) is 5.79. The molecule has 2 fully saturated rings. The molecule has 2 aliphatic heterocycles. The number of aliphatic imine (C=N–C) groups is 1. The van der Waals surface area contributed by atoms with E-state index in [0.717, 1.165) is 12.8 Å². The van der Waals surface area contributed by atoms with Crippen molar-refractivity contribution in [1.29, 1.82) is 5.26 Å². The smallest absolute Gasteiger partial charge is 0.257 e. The fourth-order valence-corrected chi connectivity index (χ4v) is 4.37. The Morgan fingerprint density at radius 2 is 2.03 bits per heavy atom. The third kappa shape index (κ3) is 3.60. The van der Waals surface area contributed by atoms with Crippen molar-refractivity contribution in [3.05, 3.63) is 59.0 Å². The van der Waals surface area contributed by atoms with E-state index in [1.807, 2.05) is 4.90 Å². The summed E-state index contributed by atoms with van der Waals surface area (Å²) in [6.45, 7) is 1.09. The lowest BCUT2D eigenvalue weighted by Gasteiger charge is -2.42. The third-order valence-electron chi connectivity index (χ3n) is 5.42. The minimum absolute atomic E-state index is 0.0930. The number of piperazine rings is 1. The van der Waals surface area contributed by atoms with Gasteiger partial charge in [-0.15, -0.1) is 0 Å². The monoisotopic (exact) mass is 421 g/mol. The lowest BCUT2D eigenvalue weighted by Crippen LogP contribution is -2.55. The molecule has 2 aliphatic rings. The summed E-state index contributed by atoms with van der Waals surface area (Å²) in [6, 6.07) is 7.36. The minimum Gasteiger partial charge on any atom is -0.405 e. The number of anilines is 1. The van der Waals surface area contributed by atoms with E-state index in [1.54, 1.807) is 36.7 Å². The molecule has 9 heteroatoms. The molecule has 2 aromatic rings. The number of amides is 1. The van der Waals surface area contributed by atoms with E-state index in [9.17, 15) is 10.1 Å². The molecule has 2 saturated heterocycles. The van der Waals surface area contributed by atoms with Gasteiger partial charge in [0.15, 0.2) is 5.82 Å². The molecule has 4 rings (SSSR count). The number of carbonyl (C=O) groups excluding carboxylic acids is 1. The normalized spacial score (nSPS) is 20.8. The van der Waals surface area contributed by atoms with Gasteiger partial charge in [-0.2, -0.15) is 5.26 Å². The number of likely N-dealkylation sites (tertiary alicyclic amines) is 1. The van der Waals surface area contributed by atoms with E-state index in [4.69, 9.17) is 17.3 Å². The highest BCUT2D eigenvalue weighted by molar-refractivity contribution is 6.34. The molecule has 0 aromatic carbocycles. The van der Waals surface area contributed by atoms with Crippen LogP contribution in [0, 0.1) is 11.3 Å². The molecule has 2 atom stereocenters. The number of rotatable bonds is 4. The van der Waals surface area contributed by atoms with Crippen molar-refractivity contribution >= 4 is 35.4 Å². The number of carbonyl (C=O) groups is 1. The SMILES string of the molecule is N#Cc1ccnc(N2C3CCC2CN(C(=O)c2cccnc2N=CC=CN)C3)c1Cl. The number of fused-ring (bicyclic) bond motifs is 2. The van der Waals surface area contributed by atoms with Crippen molar-refractivity contribution in [2.45, 2.75) is 24.9 Å². The highest BCUT2D eigenvalue weighted by Crippen LogP contribution is 2.38. The first-order valence-electron chi connectivity index (χ1n) is 9.62. The highest BCUT2D eigenvalue weighted by Gasteiger charge is 2.43. The summed E-state index contributed by atoms with van der Waals surface area (Å²) in [7, 11) is 0. The quantitative estimate of drug-likeness (QED) is 0.759. The van der Waals surface area contributed by atoms with Gasteiger partial charge >= 0.3 is 0 Å². The molecule has 0 spiro atoms. The molecule has 2 aromatic heterocycles. The summed E-state index contributed by atoms with van der Waals surface area (Å²) < 4.78 is 0. The van der Waals surface area contributed by atoms with E-state index < -0.39 is 0 Å². The number of pyridine rings is 2.